The summed E-state index contributed by atoms with van der Waals surface area (Å²) in [5.41, 5.74) is 4.54. The molecular weight excluding hydrogens is 442 g/mol. The standard InChI is InChI=1S/C24H25N3O5S/c1-18-9-11-19(12-10-18)16-25-26-24(28)17-27(33(29,30)21-7-5-4-6-8-21)20-13-14-22(31-2)23(15-20)32-3/h4-16H,17H2,1-3H3,(H,26,28)/b25-16-. The molecule has 3 rings (SSSR count). The summed E-state index contributed by atoms with van der Waals surface area (Å²) >= 11 is 0. The molecule has 0 spiro atoms. The molecule has 0 aliphatic rings. The third-order valence-corrected chi connectivity index (χ3v) is 6.54. The van der Waals surface area contributed by atoms with Gasteiger partial charge >= 0.3 is 0 Å². The summed E-state index contributed by atoms with van der Waals surface area (Å²) in [5, 5.41) is 3.94. The van der Waals surface area contributed by atoms with E-state index in [9.17, 15) is 13.2 Å². The van der Waals surface area contributed by atoms with Gasteiger partial charge in [0.2, 0.25) is 0 Å². The van der Waals surface area contributed by atoms with Crippen LogP contribution in [-0.2, 0) is 14.8 Å². The van der Waals surface area contributed by atoms with Crippen LogP contribution >= 0.6 is 0 Å². The van der Waals surface area contributed by atoms with Crippen molar-refractivity contribution in [2.45, 2.75) is 11.8 Å². The van der Waals surface area contributed by atoms with E-state index in [1.54, 1.807) is 30.3 Å². The van der Waals surface area contributed by atoms with E-state index in [2.05, 4.69) is 10.5 Å². The molecule has 1 amide bonds. The molecular formula is C24H25N3O5S. The van der Waals surface area contributed by atoms with Crippen molar-refractivity contribution >= 4 is 27.8 Å². The molecule has 1 N–H and O–H groups in total. The number of benzene rings is 3. The second-order valence-corrected chi connectivity index (χ2v) is 8.93. The highest BCUT2D eigenvalue weighted by atomic mass is 32.2. The van der Waals surface area contributed by atoms with Gasteiger partial charge in [0, 0.05) is 6.07 Å². The van der Waals surface area contributed by atoms with Crippen molar-refractivity contribution < 1.29 is 22.7 Å². The number of amides is 1. The van der Waals surface area contributed by atoms with Gasteiger partial charge in [-0.3, -0.25) is 9.10 Å². The number of carbonyl (C=O) groups excluding carboxylic acids is 1. The van der Waals surface area contributed by atoms with Crippen LogP contribution in [0.25, 0.3) is 0 Å². The van der Waals surface area contributed by atoms with Crippen molar-refractivity contribution in [2.24, 2.45) is 5.10 Å². The fourth-order valence-electron chi connectivity index (χ4n) is 3.01. The lowest BCUT2D eigenvalue weighted by molar-refractivity contribution is -0.119. The first kappa shape index (κ1) is 23.8. The monoisotopic (exact) mass is 467 g/mol. The summed E-state index contributed by atoms with van der Waals surface area (Å²) in [6.45, 7) is 1.48. The van der Waals surface area contributed by atoms with Crippen LogP contribution in [0.1, 0.15) is 11.1 Å². The molecule has 0 bridgehead atoms. The summed E-state index contributed by atoms with van der Waals surface area (Å²) in [6, 6.07) is 20.1. The Morgan fingerprint density at radius 2 is 1.64 bits per heavy atom. The Hall–Kier alpha value is -3.85. The number of nitrogens with zero attached hydrogens (tertiary/aromatic N) is 2. The minimum Gasteiger partial charge on any atom is -0.493 e. The van der Waals surface area contributed by atoms with Gasteiger partial charge < -0.3 is 9.47 Å². The van der Waals surface area contributed by atoms with Gasteiger partial charge in [0.1, 0.15) is 6.54 Å². The van der Waals surface area contributed by atoms with Crippen LogP contribution in [0.5, 0.6) is 11.5 Å². The van der Waals surface area contributed by atoms with Crippen LogP contribution in [0.3, 0.4) is 0 Å². The van der Waals surface area contributed by atoms with E-state index >= 15 is 0 Å². The number of anilines is 1. The van der Waals surface area contributed by atoms with Gasteiger partial charge in [-0.05, 0) is 36.8 Å². The van der Waals surface area contributed by atoms with Gasteiger partial charge in [0.05, 0.1) is 31.0 Å². The molecule has 0 aromatic heterocycles. The highest BCUT2D eigenvalue weighted by Gasteiger charge is 2.28. The molecule has 0 heterocycles. The zero-order chi connectivity index (χ0) is 23.8. The Kier molecular flexibility index (Phi) is 7.68. The lowest BCUT2D eigenvalue weighted by Crippen LogP contribution is -2.39. The number of sulfonamides is 1. The predicted octanol–water partition coefficient (Wildman–Crippen LogP) is 3.36. The minimum absolute atomic E-state index is 0.0516. The van der Waals surface area contributed by atoms with Crippen molar-refractivity contribution in [3.05, 3.63) is 83.9 Å². The fourth-order valence-corrected chi connectivity index (χ4v) is 4.45. The first-order valence-electron chi connectivity index (χ1n) is 10.0. The first-order chi connectivity index (χ1) is 15.8. The number of hydrazone groups is 1. The summed E-state index contributed by atoms with van der Waals surface area (Å²) in [5.74, 6) is 0.166. The van der Waals surface area contributed by atoms with Gasteiger partial charge in [-0.2, -0.15) is 5.10 Å². The van der Waals surface area contributed by atoms with E-state index in [-0.39, 0.29) is 10.6 Å². The number of hydrogen-bond acceptors (Lipinski definition) is 6. The fraction of sp³-hybridized carbons (Fsp3) is 0.167. The molecule has 3 aromatic rings. The Balaban J connectivity index is 1.89. The van der Waals surface area contributed by atoms with Crippen molar-refractivity contribution in [2.75, 3.05) is 25.1 Å². The Bertz CT molecular complexity index is 1230. The van der Waals surface area contributed by atoms with Crippen LogP contribution in [0, 0.1) is 6.92 Å². The van der Waals surface area contributed by atoms with E-state index in [4.69, 9.17) is 9.47 Å². The van der Waals surface area contributed by atoms with Crippen LogP contribution in [0.15, 0.2) is 82.8 Å². The third kappa shape index (κ3) is 5.89. The van der Waals surface area contributed by atoms with Crippen LogP contribution in [0.2, 0.25) is 0 Å². The topological polar surface area (TPSA) is 97.3 Å². The van der Waals surface area contributed by atoms with Crippen molar-refractivity contribution in [1.82, 2.24) is 5.43 Å². The highest BCUT2D eigenvalue weighted by molar-refractivity contribution is 7.92. The second-order valence-electron chi connectivity index (χ2n) is 7.07. The summed E-state index contributed by atoms with van der Waals surface area (Å²) < 4.78 is 38.3. The third-order valence-electron chi connectivity index (χ3n) is 4.75. The molecule has 0 unspecified atom stereocenters. The van der Waals surface area contributed by atoms with E-state index in [1.807, 2.05) is 31.2 Å². The molecule has 0 atom stereocenters. The number of aryl methyl sites for hydroxylation is 1. The Labute approximate surface area is 193 Å². The maximum Gasteiger partial charge on any atom is 0.264 e. The number of ether oxygens (including phenoxy) is 2. The Morgan fingerprint density at radius 3 is 2.27 bits per heavy atom. The molecule has 8 nitrogen and oxygen atoms in total. The number of hydrogen-bond donors (Lipinski definition) is 1. The molecule has 0 fully saturated rings. The molecule has 0 radical (unpaired) electrons. The summed E-state index contributed by atoms with van der Waals surface area (Å²) in [4.78, 5) is 12.7. The van der Waals surface area contributed by atoms with Crippen molar-refractivity contribution in [3.8, 4) is 11.5 Å². The van der Waals surface area contributed by atoms with E-state index < -0.39 is 22.5 Å². The maximum atomic E-state index is 13.4. The molecule has 9 heteroatoms. The SMILES string of the molecule is COc1ccc(N(CC(=O)N/N=C\c2ccc(C)cc2)S(=O)(=O)c2ccccc2)cc1OC. The normalized spacial score (nSPS) is 11.2. The second kappa shape index (κ2) is 10.6. The van der Waals surface area contributed by atoms with Gasteiger partial charge in [0.25, 0.3) is 15.9 Å². The predicted molar refractivity (Wildman–Crippen MR) is 127 cm³/mol. The lowest BCUT2D eigenvalue weighted by atomic mass is 10.2. The largest absolute Gasteiger partial charge is 0.493 e. The van der Waals surface area contributed by atoms with Crippen LogP contribution in [0.4, 0.5) is 5.69 Å². The highest BCUT2D eigenvalue weighted by Crippen LogP contribution is 2.33. The molecule has 172 valence electrons. The van der Waals surface area contributed by atoms with Crippen LogP contribution < -0.4 is 19.2 Å². The van der Waals surface area contributed by atoms with Crippen LogP contribution in [-0.4, -0.2) is 41.3 Å². The number of methoxy groups -OCH3 is 2. The lowest BCUT2D eigenvalue weighted by Gasteiger charge is -2.24. The number of rotatable bonds is 9. The van der Waals surface area contributed by atoms with E-state index in [0.29, 0.717) is 11.5 Å². The number of carbonyl (C=O) groups is 1. The quantitative estimate of drug-likeness (QED) is 0.384. The Morgan fingerprint density at radius 1 is 0.970 bits per heavy atom. The van der Waals surface area contributed by atoms with Gasteiger partial charge in [-0.1, -0.05) is 48.0 Å². The average Bonchev–Trinajstić information content (AvgIpc) is 2.83. The minimum atomic E-state index is -4.05. The van der Waals surface area contributed by atoms with Gasteiger partial charge in [0.15, 0.2) is 11.5 Å². The zero-order valence-electron chi connectivity index (χ0n) is 18.6. The van der Waals surface area contributed by atoms with Crippen molar-refractivity contribution in [1.29, 1.82) is 0 Å². The summed E-state index contributed by atoms with van der Waals surface area (Å²) in [7, 11) is -1.12. The molecule has 0 saturated heterocycles. The molecule has 0 saturated carbocycles. The summed E-state index contributed by atoms with van der Waals surface area (Å²) in [6.07, 6.45) is 1.49. The first-order valence-corrected chi connectivity index (χ1v) is 11.5. The smallest absolute Gasteiger partial charge is 0.264 e. The van der Waals surface area contributed by atoms with E-state index in [1.165, 1.54) is 38.6 Å². The number of nitrogens with one attached hydrogen (secondary N) is 1. The molecule has 33 heavy (non-hydrogen) atoms. The maximum absolute atomic E-state index is 13.4. The van der Waals surface area contributed by atoms with Crippen molar-refractivity contribution in [3.63, 3.8) is 0 Å². The molecule has 0 aliphatic carbocycles. The van der Waals surface area contributed by atoms with Gasteiger partial charge in [-0.15, -0.1) is 0 Å². The van der Waals surface area contributed by atoms with E-state index in [0.717, 1.165) is 15.4 Å². The van der Waals surface area contributed by atoms with Gasteiger partial charge in [-0.25, -0.2) is 13.8 Å². The zero-order valence-corrected chi connectivity index (χ0v) is 19.4. The molecule has 3 aromatic carbocycles. The molecule has 0 aliphatic heterocycles. The average molecular weight is 468 g/mol.